The second-order valence-corrected chi connectivity index (χ2v) is 5.66. The van der Waals surface area contributed by atoms with Gasteiger partial charge in [0.05, 0.1) is 17.3 Å². The number of benzene rings is 1. The molecule has 2 heterocycles. The fourth-order valence-corrected chi connectivity index (χ4v) is 2.44. The van der Waals surface area contributed by atoms with Crippen LogP contribution in [0.2, 0.25) is 5.02 Å². The molecule has 0 aliphatic rings. The molecule has 2 N–H and O–H groups in total. The van der Waals surface area contributed by atoms with Gasteiger partial charge in [0, 0.05) is 0 Å². The van der Waals surface area contributed by atoms with Crippen LogP contribution in [0.3, 0.4) is 0 Å². The molecule has 0 radical (unpaired) electrons. The summed E-state index contributed by atoms with van der Waals surface area (Å²) in [6.07, 6.45) is 1.85. The molecule has 0 bridgehead atoms. The Morgan fingerprint density at radius 3 is 3.04 bits per heavy atom. The summed E-state index contributed by atoms with van der Waals surface area (Å²) in [6.45, 7) is 0.211. The van der Waals surface area contributed by atoms with Gasteiger partial charge in [0.25, 0.3) is 0 Å². The minimum Gasteiger partial charge on any atom is -0.382 e. The van der Waals surface area contributed by atoms with Gasteiger partial charge in [-0.25, -0.2) is 18.7 Å². The summed E-state index contributed by atoms with van der Waals surface area (Å²) in [6, 6.07) is 3.99. The third-order valence-electron chi connectivity index (χ3n) is 2.93. The highest BCUT2D eigenvalue weighted by atomic mass is 35.5. The molecule has 0 spiro atoms. The van der Waals surface area contributed by atoms with E-state index in [1.807, 2.05) is 6.26 Å². The number of nitrogens with two attached hydrogens (primary N) is 1. The van der Waals surface area contributed by atoms with Crippen LogP contribution in [0.5, 0.6) is 0 Å². The van der Waals surface area contributed by atoms with Crippen molar-refractivity contribution in [3.63, 3.8) is 0 Å². The van der Waals surface area contributed by atoms with Crippen LogP contribution in [-0.4, -0.2) is 42.6 Å². The van der Waals surface area contributed by atoms with Crippen molar-refractivity contribution in [1.29, 1.82) is 0 Å². The van der Waals surface area contributed by atoms with Crippen LogP contribution in [0.4, 0.5) is 10.1 Å². The van der Waals surface area contributed by atoms with Gasteiger partial charge in [-0.15, -0.1) is 5.10 Å². The summed E-state index contributed by atoms with van der Waals surface area (Å²) in [5.74, 6) is -0.492. The molecule has 0 aliphatic heterocycles. The number of rotatable bonds is 5. The zero-order chi connectivity index (χ0) is 17.1. The Bertz CT molecular complexity index is 895. The minimum absolute atomic E-state index is 0.0488. The molecule has 0 fully saturated rings. The molecule has 124 valence electrons. The summed E-state index contributed by atoms with van der Waals surface area (Å²) in [7, 11) is 0. The van der Waals surface area contributed by atoms with Crippen molar-refractivity contribution in [3.8, 4) is 0 Å². The summed E-state index contributed by atoms with van der Waals surface area (Å²) >= 11 is 7.10. The number of aliphatic imine (C=N–C) groups is 1. The van der Waals surface area contributed by atoms with Crippen molar-refractivity contribution in [1.82, 2.24) is 30.5 Å². The van der Waals surface area contributed by atoms with Gasteiger partial charge in [0.15, 0.2) is 11.5 Å². The molecule has 24 heavy (non-hydrogen) atoms. The monoisotopic (exact) mass is 368 g/mol. The lowest BCUT2D eigenvalue weighted by Crippen LogP contribution is -2.17. The van der Waals surface area contributed by atoms with E-state index in [0.29, 0.717) is 16.5 Å². The van der Waals surface area contributed by atoms with E-state index in [1.165, 1.54) is 34.6 Å². The molecule has 0 saturated heterocycles. The van der Waals surface area contributed by atoms with Gasteiger partial charge in [0.2, 0.25) is 5.16 Å². The molecule has 0 saturated carbocycles. The van der Waals surface area contributed by atoms with Gasteiger partial charge in [-0.3, -0.25) is 0 Å². The van der Waals surface area contributed by atoms with E-state index in [1.54, 1.807) is 0 Å². The second-order valence-electron chi connectivity index (χ2n) is 4.48. The zero-order valence-corrected chi connectivity index (χ0v) is 13.8. The molecule has 0 unspecified atom stereocenters. The lowest BCUT2D eigenvalue weighted by atomic mass is 10.3. The molecule has 3 rings (SSSR count). The van der Waals surface area contributed by atoms with E-state index in [4.69, 9.17) is 22.0 Å². The number of tetrazole rings is 1. The third kappa shape index (κ3) is 3.36. The molecule has 0 amide bonds. The average Bonchev–Trinajstić information content (AvgIpc) is 3.20. The van der Waals surface area contributed by atoms with Gasteiger partial charge in [-0.2, -0.15) is 0 Å². The lowest BCUT2D eigenvalue weighted by molar-refractivity contribution is 0.301. The summed E-state index contributed by atoms with van der Waals surface area (Å²) < 4.78 is 19.4. The smallest absolute Gasteiger partial charge is 0.209 e. The van der Waals surface area contributed by atoms with Crippen molar-refractivity contribution in [2.45, 2.75) is 11.7 Å². The molecular weight excluding hydrogens is 359 g/mol. The maximum atomic E-state index is 13.2. The first-order valence-corrected chi connectivity index (χ1v) is 8.10. The van der Waals surface area contributed by atoms with E-state index >= 15 is 0 Å². The van der Waals surface area contributed by atoms with Crippen LogP contribution < -0.4 is 5.73 Å². The molecule has 2 aromatic heterocycles. The highest BCUT2D eigenvalue weighted by Crippen LogP contribution is 2.22. The van der Waals surface area contributed by atoms with Gasteiger partial charge in [-0.1, -0.05) is 28.5 Å². The fourth-order valence-electron chi connectivity index (χ4n) is 1.84. The first-order chi connectivity index (χ1) is 11.6. The Labute approximate surface area is 144 Å². The van der Waals surface area contributed by atoms with Crippen LogP contribution >= 0.6 is 23.4 Å². The van der Waals surface area contributed by atoms with Crippen molar-refractivity contribution in [2.24, 2.45) is 10.7 Å². The number of hydrogen-bond donors (Lipinski definition) is 1. The quantitative estimate of drug-likeness (QED) is 0.410. The maximum Gasteiger partial charge on any atom is 0.209 e. The van der Waals surface area contributed by atoms with E-state index < -0.39 is 5.82 Å². The van der Waals surface area contributed by atoms with E-state index in [2.05, 4.69) is 30.8 Å². The molecule has 9 nitrogen and oxygen atoms in total. The van der Waals surface area contributed by atoms with Crippen LogP contribution in [0.25, 0.3) is 0 Å². The predicted octanol–water partition coefficient (Wildman–Crippen LogP) is 1.66. The van der Waals surface area contributed by atoms with E-state index in [9.17, 15) is 4.39 Å². The van der Waals surface area contributed by atoms with Crippen LogP contribution in [-0.2, 0) is 6.54 Å². The first-order valence-electron chi connectivity index (χ1n) is 6.49. The molecule has 12 heteroatoms. The number of thioether (sulfide) groups is 1. The first kappa shape index (κ1) is 16.3. The van der Waals surface area contributed by atoms with Crippen molar-refractivity contribution < 1.29 is 9.02 Å². The molecule has 0 atom stereocenters. The summed E-state index contributed by atoms with van der Waals surface area (Å²) in [5, 5.41) is 19.4. The fraction of sp³-hybridized carbons (Fsp3) is 0.167. The topological polar surface area (TPSA) is 121 Å². The summed E-state index contributed by atoms with van der Waals surface area (Å²) in [5.41, 5.74) is 6.98. The van der Waals surface area contributed by atoms with Gasteiger partial charge >= 0.3 is 0 Å². The Hall–Kier alpha value is -2.53. The number of hydrogen-bond acceptors (Lipinski definition) is 8. The number of amidine groups is 1. The normalized spacial score (nSPS) is 11.9. The average molecular weight is 369 g/mol. The number of aromatic nitrogens is 6. The molecular formula is C12H10ClFN8OS. The Morgan fingerprint density at radius 2 is 2.29 bits per heavy atom. The predicted molar refractivity (Wildman–Crippen MR) is 84.8 cm³/mol. The van der Waals surface area contributed by atoms with E-state index in [0.717, 1.165) is 0 Å². The van der Waals surface area contributed by atoms with E-state index in [-0.39, 0.29) is 23.1 Å². The minimum atomic E-state index is -0.541. The van der Waals surface area contributed by atoms with Crippen LogP contribution in [0.1, 0.15) is 11.4 Å². The van der Waals surface area contributed by atoms with Crippen molar-refractivity contribution in [3.05, 3.63) is 40.4 Å². The second kappa shape index (κ2) is 6.93. The maximum absolute atomic E-state index is 13.2. The van der Waals surface area contributed by atoms with Crippen molar-refractivity contribution >= 4 is 34.9 Å². The Balaban J connectivity index is 1.88. The zero-order valence-electron chi connectivity index (χ0n) is 12.2. The van der Waals surface area contributed by atoms with Gasteiger partial charge < -0.3 is 5.73 Å². The standard InChI is InChI=1S/C12H10ClFN8OS/c1-24-12-17-20-21-22(12)5-9-10(19-23-18-9)11(15)16-6-2-3-8(14)7(13)4-6/h2-4H,5H2,1H3,(H2,15,16). The summed E-state index contributed by atoms with van der Waals surface area (Å²) in [4.78, 5) is 4.15. The third-order valence-corrected chi connectivity index (χ3v) is 3.88. The highest BCUT2D eigenvalue weighted by Gasteiger charge is 2.17. The molecule has 1 aromatic carbocycles. The lowest BCUT2D eigenvalue weighted by Gasteiger charge is -2.02. The largest absolute Gasteiger partial charge is 0.382 e. The number of nitrogens with zero attached hydrogens (tertiary/aromatic N) is 7. The Kier molecular flexibility index (Phi) is 4.71. The van der Waals surface area contributed by atoms with Crippen LogP contribution in [0, 0.1) is 5.82 Å². The SMILES string of the molecule is CSc1nnnn1Cc1nonc1C(N)=Nc1ccc(F)c(Cl)c1. The molecule has 0 aliphatic carbocycles. The Morgan fingerprint density at radius 1 is 1.46 bits per heavy atom. The van der Waals surface area contributed by atoms with Crippen LogP contribution in [0.15, 0.2) is 33.0 Å². The van der Waals surface area contributed by atoms with Crippen molar-refractivity contribution in [2.75, 3.05) is 6.26 Å². The van der Waals surface area contributed by atoms with Gasteiger partial charge in [0.1, 0.15) is 11.5 Å². The highest BCUT2D eigenvalue weighted by molar-refractivity contribution is 7.98. The number of halogens is 2. The van der Waals surface area contributed by atoms with Gasteiger partial charge in [-0.05, 0) is 40.0 Å². The molecule has 3 aromatic rings.